The van der Waals surface area contributed by atoms with Crippen LogP contribution in [0.5, 0.6) is 0 Å². The van der Waals surface area contributed by atoms with E-state index >= 15 is 0 Å². The van der Waals surface area contributed by atoms with Crippen molar-refractivity contribution >= 4 is 0 Å². The Bertz CT molecular complexity index is 384. The van der Waals surface area contributed by atoms with E-state index in [9.17, 15) is 0 Å². The third-order valence-electron chi connectivity index (χ3n) is 3.70. The van der Waals surface area contributed by atoms with Gasteiger partial charge in [-0.3, -0.25) is 0 Å². The SMILES string of the molecule is CCCNCC1(c2cccc(C)c2)CC=CC1. The highest BCUT2D eigenvalue weighted by molar-refractivity contribution is 5.33. The van der Waals surface area contributed by atoms with Gasteiger partial charge in [0, 0.05) is 12.0 Å². The minimum absolute atomic E-state index is 0.307. The number of hydrogen-bond donors (Lipinski definition) is 1. The molecule has 0 aromatic heterocycles. The van der Waals surface area contributed by atoms with E-state index in [0.29, 0.717) is 5.41 Å². The first-order valence-electron chi connectivity index (χ1n) is 6.70. The van der Waals surface area contributed by atoms with Crippen LogP contribution in [0, 0.1) is 6.92 Å². The zero-order valence-electron chi connectivity index (χ0n) is 11.0. The molecule has 0 heterocycles. The van der Waals surface area contributed by atoms with Gasteiger partial charge in [-0.05, 0) is 38.3 Å². The van der Waals surface area contributed by atoms with Crippen LogP contribution in [0.15, 0.2) is 36.4 Å². The number of hydrogen-bond acceptors (Lipinski definition) is 1. The molecule has 2 rings (SSSR count). The molecule has 0 fully saturated rings. The van der Waals surface area contributed by atoms with Gasteiger partial charge in [0.1, 0.15) is 0 Å². The smallest absolute Gasteiger partial charge is 0.0147 e. The van der Waals surface area contributed by atoms with E-state index < -0.39 is 0 Å². The van der Waals surface area contributed by atoms with Crippen molar-refractivity contribution in [2.45, 2.75) is 38.5 Å². The molecule has 0 saturated heterocycles. The zero-order valence-corrected chi connectivity index (χ0v) is 11.0. The normalized spacial score (nSPS) is 17.5. The molecule has 0 aliphatic heterocycles. The van der Waals surface area contributed by atoms with Gasteiger partial charge in [-0.1, -0.05) is 48.9 Å². The lowest BCUT2D eigenvalue weighted by Crippen LogP contribution is -2.36. The minimum atomic E-state index is 0.307. The summed E-state index contributed by atoms with van der Waals surface area (Å²) >= 11 is 0. The maximum atomic E-state index is 3.60. The molecule has 0 unspecified atom stereocenters. The summed E-state index contributed by atoms with van der Waals surface area (Å²) < 4.78 is 0. The van der Waals surface area contributed by atoms with E-state index in [0.717, 1.165) is 13.1 Å². The van der Waals surface area contributed by atoms with Gasteiger partial charge < -0.3 is 5.32 Å². The quantitative estimate of drug-likeness (QED) is 0.601. The van der Waals surface area contributed by atoms with E-state index in [4.69, 9.17) is 0 Å². The Kier molecular flexibility index (Phi) is 4.01. The second-order valence-corrected chi connectivity index (χ2v) is 5.21. The Morgan fingerprint density at radius 3 is 2.65 bits per heavy atom. The Hall–Kier alpha value is -1.08. The van der Waals surface area contributed by atoms with Crippen LogP contribution in [0.25, 0.3) is 0 Å². The van der Waals surface area contributed by atoms with Crippen molar-refractivity contribution in [3.8, 4) is 0 Å². The van der Waals surface area contributed by atoms with Crippen LogP contribution in [0.1, 0.15) is 37.3 Å². The molecule has 1 nitrogen and oxygen atoms in total. The molecular weight excluding hydrogens is 206 g/mol. The van der Waals surface area contributed by atoms with Crippen molar-refractivity contribution in [1.82, 2.24) is 5.32 Å². The fourth-order valence-electron chi connectivity index (χ4n) is 2.66. The first kappa shape index (κ1) is 12.4. The van der Waals surface area contributed by atoms with Gasteiger partial charge in [0.25, 0.3) is 0 Å². The number of nitrogens with one attached hydrogen (secondary N) is 1. The van der Waals surface area contributed by atoms with Crippen LogP contribution in [-0.2, 0) is 5.41 Å². The average molecular weight is 229 g/mol. The van der Waals surface area contributed by atoms with Crippen molar-refractivity contribution < 1.29 is 0 Å². The largest absolute Gasteiger partial charge is 0.316 e. The van der Waals surface area contributed by atoms with Crippen LogP contribution in [0.2, 0.25) is 0 Å². The van der Waals surface area contributed by atoms with E-state index in [1.165, 1.54) is 30.4 Å². The van der Waals surface area contributed by atoms with Crippen LogP contribution in [0.4, 0.5) is 0 Å². The van der Waals surface area contributed by atoms with E-state index in [1.54, 1.807) is 0 Å². The molecule has 0 amide bonds. The summed E-state index contributed by atoms with van der Waals surface area (Å²) in [6.45, 7) is 6.61. The van der Waals surface area contributed by atoms with Gasteiger partial charge >= 0.3 is 0 Å². The zero-order chi connectivity index (χ0) is 12.1. The minimum Gasteiger partial charge on any atom is -0.316 e. The fourth-order valence-corrected chi connectivity index (χ4v) is 2.66. The molecular formula is C16H23N. The second-order valence-electron chi connectivity index (χ2n) is 5.21. The Labute approximate surface area is 105 Å². The van der Waals surface area contributed by atoms with Gasteiger partial charge in [0.15, 0.2) is 0 Å². The Morgan fingerprint density at radius 1 is 1.24 bits per heavy atom. The lowest BCUT2D eigenvalue weighted by atomic mass is 9.77. The summed E-state index contributed by atoms with van der Waals surface area (Å²) in [6, 6.07) is 9.00. The van der Waals surface area contributed by atoms with Gasteiger partial charge in [-0.15, -0.1) is 0 Å². The second kappa shape index (κ2) is 5.50. The first-order chi connectivity index (χ1) is 8.27. The predicted octanol–water partition coefficient (Wildman–Crippen LogP) is 3.58. The molecule has 1 heteroatoms. The molecule has 1 aliphatic carbocycles. The van der Waals surface area contributed by atoms with Crippen LogP contribution in [0.3, 0.4) is 0 Å². The maximum Gasteiger partial charge on any atom is 0.0147 e. The molecule has 0 spiro atoms. The van der Waals surface area contributed by atoms with Crippen LogP contribution >= 0.6 is 0 Å². The summed E-state index contributed by atoms with van der Waals surface area (Å²) in [4.78, 5) is 0. The van der Waals surface area contributed by atoms with Gasteiger partial charge in [0.2, 0.25) is 0 Å². The monoisotopic (exact) mass is 229 g/mol. The van der Waals surface area contributed by atoms with Crippen LogP contribution in [-0.4, -0.2) is 13.1 Å². The Balaban J connectivity index is 2.16. The van der Waals surface area contributed by atoms with E-state index in [1.807, 2.05) is 0 Å². The summed E-state index contributed by atoms with van der Waals surface area (Å²) in [7, 11) is 0. The summed E-state index contributed by atoms with van der Waals surface area (Å²) in [5.41, 5.74) is 3.16. The van der Waals surface area contributed by atoms with Crippen molar-refractivity contribution in [1.29, 1.82) is 0 Å². The molecule has 1 N–H and O–H groups in total. The Morgan fingerprint density at radius 2 is 2.00 bits per heavy atom. The lowest BCUT2D eigenvalue weighted by Gasteiger charge is -2.30. The molecule has 1 aliphatic rings. The van der Waals surface area contributed by atoms with Gasteiger partial charge in [-0.25, -0.2) is 0 Å². The molecule has 1 aromatic rings. The standard InChI is InChI=1S/C16H23N/c1-3-11-17-13-16(9-4-5-10-16)15-8-6-7-14(2)12-15/h4-8,12,17H,3,9-11,13H2,1-2H3. The molecule has 0 bridgehead atoms. The molecule has 0 saturated carbocycles. The van der Waals surface area contributed by atoms with Gasteiger partial charge in [0.05, 0.1) is 0 Å². The lowest BCUT2D eigenvalue weighted by molar-refractivity contribution is 0.419. The molecule has 92 valence electrons. The topological polar surface area (TPSA) is 12.0 Å². The molecule has 17 heavy (non-hydrogen) atoms. The number of aryl methyl sites for hydroxylation is 1. The fraction of sp³-hybridized carbons (Fsp3) is 0.500. The number of benzene rings is 1. The predicted molar refractivity (Wildman–Crippen MR) is 74.4 cm³/mol. The molecule has 0 radical (unpaired) electrons. The van der Waals surface area contributed by atoms with Crippen molar-refractivity contribution in [2.75, 3.05) is 13.1 Å². The van der Waals surface area contributed by atoms with Crippen molar-refractivity contribution in [3.05, 3.63) is 47.5 Å². The van der Waals surface area contributed by atoms with Crippen LogP contribution < -0.4 is 5.32 Å². The molecule has 0 atom stereocenters. The third-order valence-corrected chi connectivity index (χ3v) is 3.70. The average Bonchev–Trinajstić information content (AvgIpc) is 2.79. The van der Waals surface area contributed by atoms with E-state index in [2.05, 4.69) is 55.6 Å². The third kappa shape index (κ3) is 2.78. The maximum absolute atomic E-state index is 3.60. The van der Waals surface area contributed by atoms with E-state index in [-0.39, 0.29) is 0 Å². The molecule has 1 aromatic carbocycles. The first-order valence-corrected chi connectivity index (χ1v) is 6.70. The number of rotatable bonds is 5. The van der Waals surface area contributed by atoms with Gasteiger partial charge in [-0.2, -0.15) is 0 Å². The highest BCUT2D eigenvalue weighted by Crippen LogP contribution is 2.36. The summed E-state index contributed by atoms with van der Waals surface area (Å²) in [5.74, 6) is 0. The highest BCUT2D eigenvalue weighted by Gasteiger charge is 2.32. The van der Waals surface area contributed by atoms with Crippen molar-refractivity contribution in [3.63, 3.8) is 0 Å². The number of allylic oxidation sites excluding steroid dienone is 2. The summed E-state index contributed by atoms with van der Waals surface area (Å²) in [6.07, 6.45) is 8.21. The van der Waals surface area contributed by atoms with Crippen molar-refractivity contribution in [2.24, 2.45) is 0 Å². The highest BCUT2D eigenvalue weighted by atomic mass is 14.9. The summed E-state index contributed by atoms with van der Waals surface area (Å²) in [5, 5.41) is 3.60.